The molecule has 4 rings (SSSR count). The fourth-order valence-electron chi connectivity index (χ4n) is 3.58. The summed E-state index contributed by atoms with van der Waals surface area (Å²) in [6.45, 7) is -0.295. The molecule has 0 aliphatic carbocycles. The second kappa shape index (κ2) is 9.24. The molecular weight excluding hydrogens is 428 g/mol. The monoisotopic (exact) mass is 448 g/mol. The highest BCUT2D eigenvalue weighted by Gasteiger charge is 2.44. The number of nitro groups is 2. The molecule has 2 saturated heterocycles. The molecule has 0 saturated carbocycles. The minimum atomic E-state index is -1.39. The number of hydrogen-bond acceptors (Lipinski definition) is 10. The van der Waals surface area contributed by atoms with Crippen molar-refractivity contribution in [1.82, 2.24) is 0 Å². The summed E-state index contributed by atoms with van der Waals surface area (Å²) in [6, 6.07) is 11.4. The summed E-state index contributed by atoms with van der Waals surface area (Å²) in [5.41, 5.74) is 0.456. The zero-order valence-corrected chi connectivity index (χ0v) is 16.6. The maximum absolute atomic E-state index is 11.1. The van der Waals surface area contributed by atoms with E-state index in [1.54, 1.807) is 12.1 Å². The van der Waals surface area contributed by atoms with Gasteiger partial charge in [0.15, 0.2) is 12.6 Å². The van der Waals surface area contributed by atoms with Crippen molar-refractivity contribution in [2.45, 2.75) is 37.0 Å². The first-order valence-corrected chi connectivity index (χ1v) is 9.72. The second-order valence-corrected chi connectivity index (χ2v) is 7.37. The van der Waals surface area contributed by atoms with E-state index in [2.05, 4.69) is 0 Å². The zero-order valence-electron chi connectivity index (χ0n) is 16.6. The largest absolute Gasteiger partial charge is 0.388 e. The van der Waals surface area contributed by atoms with Crippen molar-refractivity contribution in [3.05, 3.63) is 79.9 Å². The molecule has 2 aliphatic rings. The average molecular weight is 448 g/mol. The third-order valence-corrected chi connectivity index (χ3v) is 5.21. The maximum atomic E-state index is 11.1. The standard InChI is InChI=1S/C20H20N2O10/c23-15-9-29-20(12-4-2-6-14(8-12)22(27)28)32-18(17(15)24)16-10-30-19(31-16)11-3-1-5-13(7-11)21(25)26/h1-8,15-20,23-24H,9-10H2/t15-,16+,17+,18+,19?,20?/m1/s1. The summed E-state index contributed by atoms with van der Waals surface area (Å²) in [5.74, 6) is 0. The Morgan fingerprint density at radius 1 is 0.812 bits per heavy atom. The van der Waals surface area contributed by atoms with Crippen LogP contribution >= 0.6 is 0 Å². The Hall–Kier alpha value is -3.00. The number of hydrogen-bond donors (Lipinski definition) is 2. The van der Waals surface area contributed by atoms with Crippen LogP contribution in [0.4, 0.5) is 11.4 Å². The molecule has 2 unspecified atom stereocenters. The van der Waals surface area contributed by atoms with Crippen LogP contribution in [0.3, 0.4) is 0 Å². The molecule has 2 fully saturated rings. The molecule has 0 bridgehead atoms. The van der Waals surface area contributed by atoms with Gasteiger partial charge in [-0.25, -0.2) is 0 Å². The highest BCUT2D eigenvalue weighted by atomic mass is 16.7. The van der Waals surface area contributed by atoms with E-state index in [1.807, 2.05) is 0 Å². The van der Waals surface area contributed by atoms with Crippen LogP contribution in [-0.4, -0.2) is 57.7 Å². The van der Waals surface area contributed by atoms with Crippen molar-refractivity contribution in [2.24, 2.45) is 0 Å². The number of rotatable bonds is 5. The normalized spacial score (nSPS) is 30.6. The molecule has 2 heterocycles. The van der Waals surface area contributed by atoms with E-state index >= 15 is 0 Å². The SMILES string of the molecule is O=[N+]([O-])c1cccc(C2OC[C@@H](O)[C@H](O)[C@H]([C@@H]3COC(c4cccc([N+](=O)[O-])c4)O3)O2)c1. The maximum Gasteiger partial charge on any atom is 0.269 e. The Kier molecular flexibility index (Phi) is 6.41. The van der Waals surface area contributed by atoms with Crippen molar-refractivity contribution >= 4 is 11.4 Å². The van der Waals surface area contributed by atoms with Crippen LogP contribution in [-0.2, 0) is 18.9 Å². The van der Waals surface area contributed by atoms with Gasteiger partial charge in [-0.1, -0.05) is 24.3 Å². The predicted molar refractivity (Wildman–Crippen MR) is 105 cm³/mol. The first kappa shape index (κ1) is 22.2. The summed E-state index contributed by atoms with van der Waals surface area (Å²) in [5, 5.41) is 42.9. The van der Waals surface area contributed by atoms with E-state index in [0.717, 1.165) is 0 Å². The molecule has 170 valence electrons. The number of ether oxygens (including phenoxy) is 4. The highest BCUT2D eigenvalue weighted by molar-refractivity contribution is 5.36. The minimum Gasteiger partial charge on any atom is -0.388 e. The molecule has 2 aromatic rings. The summed E-state index contributed by atoms with van der Waals surface area (Å²) in [4.78, 5) is 21.0. The fourth-order valence-corrected chi connectivity index (χ4v) is 3.58. The van der Waals surface area contributed by atoms with Gasteiger partial charge in [0.2, 0.25) is 0 Å². The Labute approximate surface area is 181 Å². The van der Waals surface area contributed by atoms with Crippen LogP contribution in [0, 0.1) is 20.2 Å². The topological polar surface area (TPSA) is 164 Å². The molecule has 0 spiro atoms. The molecule has 12 heteroatoms. The molecule has 2 aliphatic heterocycles. The Morgan fingerprint density at radius 3 is 1.91 bits per heavy atom. The summed E-state index contributed by atoms with van der Waals surface area (Å²) >= 11 is 0. The van der Waals surface area contributed by atoms with Crippen molar-refractivity contribution < 1.29 is 39.0 Å². The first-order chi connectivity index (χ1) is 15.3. The lowest BCUT2D eigenvalue weighted by Gasteiger charge is -2.28. The summed E-state index contributed by atoms with van der Waals surface area (Å²) < 4.78 is 22.8. The van der Waals surface area contributed by atoms with Crippen molar-refractivity contribution in [1.29, 1.82) is 0 Å². The Morgan fingerprint density at radius 2 is 1.34 bits per heavy atom. The molecule has 32 heavy (non-hydrogen) atoms. The van der Waals surface area contributed by atoms with E-state index in [4.69, 9.17) is 18.9 Å². The smallest absolute Gasteiger partial charge is 0.269 e. The van der Waals surface area contributed by atoms with Crippen molar-refractivity contribution in [3.63, 3.8) is 0 Å². The van der Waals surface area contributed by atoms with Gasteiger partial charge >= 0.3 is 0 Å². The second-order valence-electron chi connectivity index (χ2n) is 7.37. The summed E-state index contributed by atoms with van der Waals surface area (Å²) in [7, 11) is 0. The number of non-ortho nitro benzene ring substituents is 2. The van der Waals surface area contributed by atoms with Crippen LogP contribution in [0.25, 0.3) is 0 Å². The highest BCUT2D eigenvalue weighted by Crippen LogP contribution is 2.35. The number of nitrogens with zero attached hydrogens (tertiary/aromatic N) is 2. The average Bonchev–Trinajstić information content (AvgIpc) is 3.23. The molecule has 6 atom stereocenters. The van der Waals surface area contributed by atoms with Gasteiger partial charge < -0.3 is 29.2 Å². The molecule has 0 radical (unpaired) electrons. The molecule has 2 aromatic carbocycles. The summed E-state index contributed by atoms with van der Waals surface area (Å²) in [6.07, 6.45) is -6.67. The predicted octanol–water partition coefficient (Wildman–Crippen LogP) is 1.75. The lowest BCUT2D eigenvalue weighted by atomic mass is 10.0. The molecular formula is C20H20N2O10. The van der Waals surface area contributed by atoms with Gasteiger partial charge in [-0.2, -0.15) is 0 Å². The third-order valence-electron chi connectivity index (χ3n) is 5.21. The van der Waals surface area contributed by atoms with Gasteiger partial charge in [-0.3, -0.25) is 20.2 Å². The Bertz CT molecular complexity index is 1000. The lowest BCUT2D eigenvalue weighted by molar-refractivity contribution is -0.385. The van der Waals surface area contributed by atoms with Gasteiger partial charge in [-0.15, -0.1) is 0 Å². The number of nitro benzene ring substituents is 2. The number of aliphatic hydroxyl groups is 2. The zero-order chi connectivity index (χ0) is 22.8. The van der Waals surface area contributed by atoms with E-state index in [-0.39, 0.29) is 24.6 Å². The van der Waals surface area contributed by atoms with Crippen LogP contribution in [0.1, 0.15) is 23.7 Å². The van der Waals surface area contributed by atoms with Gasteiger partial charge in [0.1, 0.15) is 24.4 Å². The van der Waals surface area contributed by atoms with Crippen molar-refractivity contribution in [3.8, 4) is 0 Å². The van der Waals surface area contributed by atoms with Crippen molar-refractivity contribution in [2.75, 3.05) is 13.2 Å². The Balaban J connectivity index is 1.53. The van der Waals surface area contributed by atoms with Gasteiger partial charge in [0, 0.05) is 35.4 Å². The van der Waals surface area contributed by atoms with Crippen LogP contribution < -0.4 is 0 Å². The van der Waals surface area contributed by atoms with Crippen LogP contribution in [0.15, 0.2) is 48.5 Å². The minimum absolute atomic E-state index is 0.0243. The van der Waals surface area contributed by atoms with E-state index < -0.39 is 46.8 Å². The fraction of sp³-hybridized carbons (Fsp3) is 0.400. The van der Waals surface area contributed by atoms with E-state index in [0.29, 0.717) is 11.1 Å². The molecule has 0 amide bonds. The third kappa shape index (κ3) is 4.60. The molecule has 2 N–H and O–H groups in total. The number of aliphatic hydroxyl groups excluding tert-OH is 2. The van der Waals surface area contributed by atoms with Crippen LogP contribution in [0.2, 0.25) is 0 Å². The molecule has 0 aromatic heterocycles. The first-order valence-electron chi connectivity index (χ1n) is 9.72. The van der Waals surface area contributed by atoms with Gasteiger partial charge in [-0.05, 0) is 0 Å². The van der Waals surface area contributed by atoms with Gasteiger partial charge in [0.25, 0.3) is 11.4 Å². The molecule has 12 nitrogen and oxygen atoms in total. The quantitative estimate of drug-likeness (QED) is 0.509. The number of benzene rings is 2. The lowest BCUT2D eigenvalue weighted by Crippen LogP contribution is -2.46. The van der Waals surface area contributed by atoms with Crippen LogP contribution in [0.5, 0.6) is 0 Å². The van der Waals surface area contributed by atoms with E-state index in [9.17, 15) is 30.4 Å². The van der Waals surface area contributed by atoms with Gasteiger partial charge in [0.05, 0.1) is 23.1 Å². The van der Waals surface area contributed by atoms with E-state index in [1.165, 1.54) is 36.4 Å².